The van der Waals surface area contributed by atoms with Crippen molar-refractivity contribution in [2.24, 2.45) is 17.0 Å². The first kappa shape index (κ1) is 13.3. The lowest BCUT2D eigenvalue weighted by molar-refractivity contribution is -0.122. The molecule has 0 rings (SSSR count). The summed E-state index contributed by atoms with van der Waals surface area (Å²) in [4.78, 5) is 11.2. The number of hydrogen-bond acceptors (Lipinski definition) is 4. The molecule has 0 saturated heterocycles. The number of nitrogens with zero attached hydrogens (tertiary/aromatic N) is 1. The maximum atomic E-state index is 11.2. The van der Waals surface area contributed by atoms with E-state index in [1.165, 1.54) is 11.8 Å². The first-order valence-electron chi connectivity index (χ1n) is 4.59. The largest absolute Gasteiger partial charge is 0.410 e. The minimum absolute atomic E-state index is 0.131. The van der Waals surface area contributed by atoms with Crippen LogP contribution in [0.25, 0.3) is 0 Å². The van der Waals surface area contributed by atoms with Crippen LogP contribution >= 0.6 is 11.8 Å². The Kier molecular flexibility index (Phi) is 6.36. The smallest absolute Gasteiger partial charge is 0.229 e. The summed E-state index contributed by atoms with van der Waals surface area (Å²) in [6, 6.07) is 0. The van der Waals surface area contributed by atoms with Gasteiger partial charge in [0.05, 0.1) is 5.92 Å². The molecule has 0 aliphatic heterocycles. The first-order chi connectivity index (χ1) is 6.52. The summed E-state index contributed by atoms with van der Waals surface area (Å²) in [5.41, 5.74) is 0. The second kappa shape index (κ2) is 6.70. The number of hydrogen-bond donors (Lipinski definition) is 2. The topological polar surface area (TPSA) is 61.7 Å². The lowest BCUT2D eigenvalue weighted by Crippen LogP contribution is -2.30. The molecular weight excluding hydrogens is 200 g/mol. The molecule has 0 aromatic heterocycles. The fraction of sp³-hybridized carbons (Fsp3) is 0.778. The van der Waals surface area contributed by atoms with Gasteiger partial charge in [-0.15, -0.1) is 11.8 Å². The maximum absolute atomic E-state index is 11.2. The maximum Gasteiger partial charge on any atom is 0.229 e. The summed E-state index contributed by atoms with van der Waals surface area (Å²) in [5, 5.41) is 14.9. The van der Waals surface area contributed by atoms with E-state index < -0.39 is 0 Å². The van der Waals surface area contributed by atoms with Crippen LogP contribution in [0.4, 0.5) is 0 Å². The number of rotatable bonds is 4. The van der Waals surface area contributed by atoms with Gasteiger partial charge in [-0.05, 0) is 12.8 Å². The van der Waals surface area contributed by atoms with E-state index in [1.807, 2.05) is 0 Å². The van der Waals surface area contributed by atoms with Gasteiger partial charge in [0, 0.05) is 12.8 Å². The molecule has 0 saturated carbocycles. The average molecular weight is 218 g/mol. The zero-order chi connectivity index (χ0) is 11.1. The average Bonchev–Trinajstić information content (AvgIpc) is 2.16. The summed E-state index contributed by atoms with van der Waals surface area (Å²) in [7, 11) is 1.57. The van der Waals surface area contributed by atoms with E-state index >= 15 is 0 Å². The van der Waals surface area contributed by atoms with Crippen molar-refractivity contribution in [1.29, 1.82) is 0 Å². The van der Waals surface area contributed by atoms with Crippen LogP contribution in [0, 0.1) is 11.8 Å². The van der Waals surface area contributed by atoms with Crippen LogP contribution in [0.3, 0.4) is 0 Å². The van der Waals surface area contributed by atoms with Crippen molar-refractivity contribution in [3.63, 3.8) is 0 Å². The van der Waals surface area contributed by atoms with Gasteiger partial charge in [-0.2, -0.15) is 0 Å². The van der Waals surface area contributed by atoms with Gasteiger partial charge in [0.2, 0.25) is 5.91 Å². The lowest BCUT2D eigenvalue weighted by atomic mass is 10.2. The van der Waals surface area contributed by atoms with E-state index in [1.54, 1.807) is 14.0 Å². The SMILES string of the molecule is CNC(=O)C(C)/C(=N\O)SCC(C)C. The fourth-order valence-corrected chi connectivity index (χ4v) is 1.74. The molecule has 0 fully saturated rings. The molecule has 4 nitrogen and oxygen atoms in total. The number of nitrogens with one attached hydrogen (secondary N) is 1. The van der Waals surface area contributed by atoms with Gasteiger partial charge in [0.1, 0.15) is 5.04 Å². The Bertz CT molecular complexity index is 217. The molecule has 0 aromatic rings. The summed E-state index contributed by atoms with van der Waals surface area (Å²) >= 11 is 1.42. The Morgan fingerprint density at radius 3 is 2.43 bits per heavy atom. The molecule has 14 heavy (non-hydrogen) atoms. The molecule has 1 atom stereocenters. The van der Waals surface area contributed by atoms with Crippen molar-refractivity contribution in [2.45, 2.75) is 20.8 Å². The predicted octanol–water partition coefficient (Wildman–Crippen LogP) is 1.55. The van der Waals surface area contributed by atoms with Crippen molar-refractivity contribution >= 4 is 22.7 Å². The molecular formula is C9H18N2O2S. The molecule has 1 amide bonds. The number of carbonyl (C=O) groups excluding carboxylic acids is 1. The van der Waals surface area contributed by atoms with Gasteiger partial charge in [0.15, 0.2) is 0 Å². The van der Waals surface area contributed by atoms with Crippen LogP contribution < -0.4 is 5.32 Å². The molecule has 0 heterocycles. The van der Waals surface area contributed by atoms with Gasteiger partial charge >= 0.3 is 0 Å². The Balaban J connectivity index is 4.21. The van der Waals surface area contributed by atoms with E-state index in [-0.39, 0.29) is 11.8 Å². The standard InChI is InChI=1S/C9H18N2O2S/c1-6(2)5-14-9(11-13)7(3)8(12)10-4/h6-7,13H,5H2,1-4H3,(H,10,12)/b11-9+. The molecule has 0 aromatic carbocycles. The third-order valence-corrected chi connectivity index (χ3v) is 3.24. The number of oxime groups is 1. The molecule has 0 spiro atoms. The van der Waals surface area contributed by atoms with Gasteiger partial charge < -0.3 is 10.5 Å². The summed E-state index contributed by atoms with van der Waals surface area (Å²) < 4.78 is 0. The van der Waals surface area contributed by atoms with E-state index in [0.29, 0.717) is 11.0 Å². The highest BCUT2D eigenvalue weighted by molar-refractivity contribution is 8.14. The quantitative estimate of drug-likeness (QED) is 0.326. The van der Waals surface area contributed by atoms with Crippen molar-refractivity contribution in [2.75, 3.05) is 12.8 Å². The summed E-state index contributed by atoms with van der Waals surface area (Å²) in [5.74, 6) is 0.845. The monoisotopic (exact) mass is 218 g/mol. The highest BCUT2D eigenvalue weighted by Gasteiger charge is 2.19. The molecule has 0 radical (unpaired) electrons. The van der Waals surface area contributed by atoms with Gasteiger partial charge in [-0.3, -0.25) is 4.79 Å². The Labute approximate surface area is 89.1 Å². The van der Waals surface area contributed by atoms with Gasteiger partial charge in [0.25, 0.3) is 0 Å². The highest BCUT2D eigenvalue weighted by Crippen LogP contribution is 2.16. The Hall–Kier alpha value is -0.710. The van der Waals surface area contributed by atoms with Crippen molar-refractivity contribution < 1.29 is 10.0 Å². The Morgan fingerprint density at radius 1 is 1.50 bits per heavy atom. The summed E-state index contributed by atoms with van der Waals surface area (Å²) in [6.07, 6.45) is 0. The van der Waals surface area contributed by atoms with E-state index in [0.717, 1.165) is 5.75 Å². The zero-order valence-electron chi connectivity index (χ0n) is 9.07. The lowest BCUT2D eigenvalue weighted by Gasteiger charge is -2.12. The molecule has 0 aliphatic rings. The zero-order valence-corrected chi connectivity index (χ0v) is 9.89. The predicted molar refractivity (Wildman–Crippen MR) is 59.7 cm³/mol. The summed E-state index contributed by atoms with van der Waals surface area (Å²) in [6.45, 7) is 5.88. The van der Waals surface area contributed by atoms with Crippen LogP contribution in [0.2, 0.25) is 0 Å². The van der Waals surface area contributed by atoms with Crippen molar-refractivity contribution in [3.8, 4) is 0 Å². The van der Waals surface area contributed by atoms with Gasteiger partial charge in [-0.25, -0.2) is 0 Å². The molecule has 5 heteroatoms. The molecule has 1 unspecified atom stereocenters. The second-order valence-electron chi connectivity index (χ2n) is 3.48. The third kappa shape index (κ3) is 4.50. The normalized spacial score (nSPS) is 14.2. The molecule has 0 bridgehead atoms. The van der Waals surface area contributed by atoms with Crippen LogP contribution in [0.15, 0.2) is 5.16 Å². The number of thioether (sulfide) groups is 1. The highest BCUT2D eigenvalue weighted by atomic mass is 32.2. The van der Waals surface area contributed by atoms with E-state index in [9.17, 15) is 4.79 Å². The number of carbonyl (C=O) groups is 1. The van der Waals surface area contributed by atoms with Crippen LogP contribution in [-0.4, -0.2) is 29.0 Å². The van der Waals surface area contributed by atoms with Crippen molar-refractivity contribution in [1.82, 2.24) is 5.32 Å². The third-order valence-electron chi connectivity index (χ3n) is 1.67. The Morgan fingerprint density at radius 2 is 2.07 bits per heavy atom. The second-order valence-corrected chi connectivity index (χ2v) is 4.52. The van der Waals surface area contributed by atoms with Crippen LogP contribution in [0.5, 0.6) is 0 Å². The van der Waals surface area contributed by atoms with Crippen LogP contribution in [0.1, 0.15) is 20.8 Å². The molecule has 0 aliphatic carbocycles. The van der Waals surface area contributed by atoms with Crippen LogP contribution in [-0.2, 0) is 4.79 Å². The molecule has 82 valence electrons. The van der Waals surface area contributed by atoms with Crippen molar-refractivity contribution in [3.05, 3.63) is 0 Å². The van der Waals surface area contributed by atoms with E-state index in [2.05, 4.69) is 24.3 Å². The van der Waals surface area contributed by atoms with E-state index in [4.69, 9.17) is 5.21 Å². The first-order valence-corrected chi connectivity index (χ1v) is 5.57. The minimum atomic E-state index is -0.381. The fourth-order valence-electron chi connectivity index (χ4n) is 0.821. The number of amides is 1. The minimum Gasteiger partial charge on any atom is -0.410 e. The van der Waals surface area contributed by atoms with Gasteiger partial charge in [-0.1, -0.05) is 19.0 Å². The molecule has 2 N–H and O–H groups in total.